The van der Waals surface area contributed by atoms with E-state index in [2.05, 4.69) is 5.32 Å². The van der Waals surface area contributed by atoms with E-state index in [9.17, 15) is 14.7 Å². The molecule has 0 spiro atoms. The lowest BCUT2D eigenvalue weighted by molar-refractivity contribution is 0.0699. The van der Waals surface area contributed by atoms with Crippen molar-refractivity contribution < 1.29 is 14.7 Å². The van der Waals surface area contributed by atoms with Gasteiger partial charge in [-0.2, -0.15) is 0 Å². The van der Waals surface area contributed by atoms with E-state index in [4.69, 9.17) is 11.6 Å². The molecule has 0 saturated carbocycles. The number of thiophene rings is 1. The first kappa shape index (κ1) is 18.2. The molecular formula is C20H16ClNO3S. The average Bonchev–Trinajstić information content (AvgIpc) is 3.01. The van der Waals surface area contributed by atoms with Crippen molar-refractivity contribution in [1.82, 2.24) is 0 Å². The van der Waals surface area contributed by atoms with Crippen molar-refractivity contribution in [2.24, 2.45) is 0 Å². The number of carbonyl (C=O) groups excluding carboxylic acids is 1. The van der Waals surface area contributed by atoms with Crippen LogP contribution < -0.4 is 5.32 Å². The monoisotopic (exact) mass is 385 g/mol. The van der Waals surface area contributed by atoms with Gasteiger partial charge in [0.05, 0.1) is 10.6 Å². The summed E-state index contributed by atoms with van der Waals surface area (Å²) in [6.45, 7) is 3.99. The van der Waals surface area contributed by atoms with Crippen molar-refractivity contribution >= 4 is 40.5 Å². The topological polar surface area (TPSA) is 66.4 Å². The van der Waals surface area contributed by atoms with Gasteiger partial charge in [0.15, 0.2) is 0 Å². The van der Waals surface area contributed by atoms with Crippen LogP contribution >= 0.6 is 22.9 Å². The third kappa shape index (κ3) is 3.64. The number of aromatic carboxylic acids is 1. The molecule has 2 N–H and O–H groups in total. The molecule has 0 aliphatic heterocycles. The third-order valence-corrected chi connectivity index (χ3v) is 5.41. The summed E-state index contributed by atoms with van der Waals surface area (Å²) in [4.78, 5) is 24.8. The van der Waals surface area contributed by atoms with E-state index in [0.29, 0.717) is 15.5 Å². The number of halogens is 1. The maximum atomic E-state index is 12.4. The van der Waals surface area contributed by atoms with Crippen LogP contribution in [-0.4, -0.2) is 17.0 Å². The second kappa shape index (κ2) is 7.32. The molecule has 0 bridgehead atoms. The number of benzene rings is 2. The van der Waals surface area contributed by atoms with Gasteiger partial charge in [0.1, 0.15) is 5.56 Å². The molecule has 0 atom stereocenters. The Morgan fingerprint density at radius 1 is 1.04 bits per heavy atom. The Morgan fingerprint density at radius 3 is 2.35 bits per heavy atom. The SMILES string of the molecule is Cc1ccc(-c2scc(NC(=O)c3ccc(Cl)cc3)c2C(=O)O)cc1C. The van der Waals surface area contributed by atoms with Crippen LogP contribution in [0.5, 0.6) is 0 Å². The second-order valence-corrected chi connectivity index (χ2v) is 7.23. The van der Waals surface area contributed by atoms with Crippen molar-refractivity contribution in [2.75, 3.05) is 5.32 Å². The van der Waals surface area contributed by atoms with Crippen LogP contribution in [0.1, 0.15) is 31.8 Å². The average molecular weight is 386 g/mol. The number of hydrogen-bond donors (Lipinski definition) is 2. The third-order valence-electron chi connectivity index (χ3n) is 4.13. The van der Waals surface area contributed by atoms with E-state index in [0.717, 1.165) is 16.7 Å². The number of carboxylic acids is 1. The highest BCUT2D eigenvalue weighted by Crippen LogP contribution is 2.37. The summed E-state index contributed by atoms with van der Waals surface area (Å²) in [6, 6.07) is 12.2. The van der Waals surface area contributed by atoms with Crippen LogP contribution in [0.3, 0.4) is 0 Å². The smallest absolute Gasteiger partial charge is 0.339 e. The molecular weight excluding hydrogens is 370 g/mol. The normalized spacial score (nSPS) is 10.6. The number of aryl methyl sites for hydroxylation is 2. The fourth-order valence-electron chi connectivity index (χ4n) is 2.55. The van der Waals surface area contributed by atoms with Gasteiger partial charge in [-0.15, -0.1) is 11.3 Å². The number of carboxylic acid groups (broad SMARTS) is 1. The van der Waals surface area contributed by atoms with Gasteiger partial charge in [-0.3, -0.25) is 4.79 Å². The highest BCUT2D eigenvalue weighted by molar-refractivity contribution is 7.14. The number of carbonyl (C=O) groups is 2. The van der Waals surface area contributed by atoms with Gasteiger partial charge < -0.3 is 10.4 Å². The van der Waals surface area contributed by atoms with Gasteiger partial charge in [0.25, 0.3) is 5.91 Å². The van der Waals surface area contributed by atoms with Gasteiger partial charge in [-0.1, -0.05) is 29.8 Å². The van der Waals surface area contributed by atoms with Crippen LogP contribution in [0.4, 0.5) is 5.69 Å². The number of anilines is 1. The van der Waals surface area contributed by atoms with Gasteiger partial charge in [0, 0.05) is 16.0 Å². The zero-order valence-electron chi connectivity index (χ0n) is 14.2. The zero-order valence-corrected chi connectivity index (χ0v) is 15.7. The highest BCUT2D eigenvalue weighted by Gasteiger charge is 2.21. The van der Waals surface area contributed by atoms with Gasteiger partial charge in [0.2, 0.25) is 0 Å². The predicted octanol–water partition coefficient (Wildman–Crippen LogP) is 5.64. The van der Waals surface area contributed by atoms with Gasteiger partial charge >= 0.3 is 5.97 Å². The van der Waals surface area contributed by atoms with Crippen LogP contribution in [0, 0.1) is 13.8 Å². The minimum atomic E-state index is -1.08. The Kier molecular flexibility index (Phi) is 5.11. The molecule has 0 saturated heterocycles. The van der Waals surface area contributed by atoms with E-state index < -0.39 is 5.97 Å². The van der Waals surface area contributed by atoms with Crippen molar-refractivity contribution in [3.63, 3.8) is 0 Å². The summed E-state index contributed by atoms with van der Waals surface area (Å²) in [5, 5.41) is 14.6. The van der Waals surface area contributed by atoms with E-state index in [-0.39, 0.29) is 17.2 Å². The number of nitrogens with one attached hydrogen (secondary N) is 1. The largest absolute Gasteiger partial charge is 0.478 e. The van der Waals surface area contributed by atoms with Crippen LogP contribution in [0.2, 0.25) is 5.02 Å². The van der Waals surface area contributed by atoms with Crippen LogP contribution in [-0.2, 0) is 0 Å². The van der Waals surface area contributed by atoms with E-state index in [1.54, 1.807) is 29.6 Å². The molecule has 3 aromatic rings. The minimum Gasteiger partial charge on any atom is -0.478 e. The maximum Gasteiger partial charge on any atom is 0.339 e. The second-order valence-electron chi connectivity index (χ2n) is 5.92. The highest BCUT2D eigenvalue weighted by atomic mass is 35.5. The Hall–Kier alpha value is -2.63. The van der Waals surface area contributed by atoms with Gasteiger partial charge in [-0.25, -0.2) is 4.79 Å². The van der Waals surface area contributed by atoms with E-state index in [1.807, 2.05) is 32.0 Å². The van der Waals surface area contributed by atoms with E-state index >= 15 is 0 Å². The minimum absolute atomic E-state index is 0.0977. The molecule has 0 unspecified atom stereocenters. The molecule has 0 aliphatic carbocycles. The molecule has 132 valence electrons. The van der Waals surface area contributed by atoms with Crippen molar-refractivity contribution in [2.45, 2.75) is 13.8 Å². The molecule has 1 aromatic heterocycles. The molecule has 3 rings (SSSR count). The first-order valence-corrected chi connectivity index (χ1v) is 9.12. The first-order valence-electron chi connectivity index (χ1n) is 7.86. The Bertz CT molecular complexity index is 993. The fraction of sp³-hybridized carbons (Fsp3) is 0.100. The van der Waals surface area contributed by atoms with Crippen LogP contribution in [0.25, 0.3) is 10.4 Å². The molecule has 6 heteroatoms. The molecule has 0 radical (unpaired) electrons. The molecule has 26 heavy (non-hydrogen) atoms. The van der Waals surface area contributed by atoms with Gasteiger partial charge in [-0.05, 0) is 54.8 Å². The van der Waals surface area contributed by atoms with E-state index in [1.165, 1.54) is 11.3 Å². The fourth-order valence-corrected chi connectivity index (χ4v) is 3.67. The standard InChI is InChI=1S/C20H16ClNO3S/c1-11-3-4-14(9-12(11)2)18-17(20(24)25)16(10-26-18)22-19(23)13-5-7-15(21)8-6-13/h3-10H,1-2H3,(H,22,23)(H,24,25). The molecule has 0 aliphatic rings. The summed E-state index contributed by atoms with van der Waals surface area (Å²) in [7, 11) is 0. The van der Waals surface area contributed by atoms with Crippen LogP contribution in [0.15, 0.2) is 47.8 Å². The lowest BCUT2D eigenvalue weighted by Crippen LogP contribution is -2.13. The summed E-state index contributed by atoms with van der Waals surface area (Å²) in [6.07, 6.45) is 0. The molecule has 0 fully saturated rings. The van der Waals surface area contributed by atoms with Crippen molar-refractivity contribution in [3.05, 3.63) is 75.1 Å². The Labute approximate surface area is 160 Å². The molecule has 4 nitrogen and oxygen atoms in total. The summed E-state index contributed by atoms with van der Waals surface area (Å²) < 4.78 is 0. The maximum absolute atomic E-state index is 12.4. The summed E-state index contributed by atoms with van der Waals surface area (Å²) in [5.41, 5.74) is 3.83. The molecule has 1 heterocycles. The van der Waals surface area contributed by atoms with Crippen molar-refractivity contribution in [3.8, 4) is 10.4 Å². The lowest BCUT2D eigenvalue weighted by atomic mass is 10.0. The van der Waals surface area contributed by atoms with Crippen molar-refractivity contribution in [1.29, 1.82) is 0 Å². The lowest BCUT2D eigenvalue weighted by Gasteiger charge is -2.08. The number of amides is 1. The Balaban J connectivity index is 1.97. The predicted molar refractivity (Wildman–Crippen MR) is 106 cm³/mol. The Morgan fingerprint density at radius 2 is 1.73 bits per heavy atom. The summed E-state index contributed by atoms with van der Waals surface area (Å²) >= 11 is 7.13. The molecule has 2 aromatic carbocycles. The number of hydrogen-bond acceptors (Lipinski definition) is 3. The quantitative estimate of drug-likeness (QED) is 0.611. The number of rotatable bonds is 4. The zero-order chi connectivity index (χ0) is 18.8. The summed E-state index contributed by atoms with van der Waals surface area (Å²) in [5.74, 6) is -1.46. The first-order chi connectivity index (χ1) is 12.4. The molecule has 1 amide bonds.